The molecule has 0 amide bonds. The lowest BCUT2D eigenvalue weighted by molar-refractivity contribution is 0.138. The van der Waals surface area contributed by atoms with Crippen LogP contribution in [-0.2, 0) is 0 Å². The van der Waals surface area contributed by atoms with Gasteiger partial charge < -0.3 is 5.11 Å². The lowest BCUT2D eigenvalue weighted by atomic mass is 10.1. The Labute approximate surface area is 60.5 Å². The van der Waals surface area contributed by atoms with Gasteiger partial charge in [0, 0.05) is 4.91 Å². The number of hydrogen-bond acceptors (Lipinski definition) is 2. The van der Waals surface area contributed by atoms with Crippen molar-refractivity contribution >= 4 is 0 Å². The highest BCUT2D eigenvalue weighted by atomic mass is 16.3. The Morgan fingerprint density at radius 3 is 2.40 bits per heavy atom. The maximum Gasteiger partial charge on any atom is 0.0631 e. The molecule has 0 aromatic carbocycles. The Morgan fingerprint density at radius 2 is 2.10 bits per heavy atom. The molecule has 0 aromatic rings. The normalized spacial score (nSPS) is 15.5. The van der Waals surface area contributed by atoms with Crippen LogP contribution in [0.3, 0.4) is 0 Å². The smallest absolute Gasteiger partial charge is 0.0631 e. The molecule has 58 valence electrons. The SMILES string of the molecule is CCC(O)C(CC)N=[N+]=[N-]. The van der Waals surface area contributed by atoms with Gasteiger partial charge in [0.25, 0.3) is 0 Å². The van der Waals surface area contributed by atoms with Crippen LogP contribution in [0.15, 0.2) is 5.11 Å². The Morgan fingerprint density at radius 1 is 1.50 bits per heavy atom. The molecule has 0 aliphatic heterocycles. The van der Waals surface area contributed by atoms with Gasteiger partial charge in [0.2, 0.25) is 0 Å². The van der Waals surface area contributed by atoms with E-state index in [1.54, 1.807) is 0 Å². The van der Waals surface area contributed by atoms with E-state index in [9.17, 15) is 5.11 Å². The molecule has 0 fully saturated rings. The molecule has 0 saturated carbocycles. The van der Waals surface area contributed by atoms with Crippen LogP contribution in [-0.4, -0.2) is 17.3 Å². The first kappa shape index (κ1) is 9.27. The summed E-state index contributed by atoms with van der Waals surface area (Å²) in [7, 11) is 0. The predicted molar refractivity (Wildman–Crippen MR) is 39.5 cm³/mol. The molecule has 0 radical (unpaired) electrons. The fraction of sp³-hybridized carbons (Fsp3) is 1.00. The van der Waals surface area contributed by atoms with E-state index in [0.717, 1.165) is 0 Å². The van der Waals surface area contributed by atoms with Gasteiger partial charge in [-0.05, 0) is 18.4 Å². The maximum absolute atomic E-state index is 9.18. The van der Waals surface area contributed by atoms with Gasteiger partial charge in [0.15, 0.2) is 0 Å². The summed E-state index contributed by atoms with van der Waals surface area (Å²) in [6.45, 7) is 3.75. The van der Waals surface area contributed by atoms with Crippen molar-refractivity contribution in [1.82, 2.24) is 0 Å². The minimum absolute atomic E-state index is 0.255. The van der Waals surface area contributed by atoms with Gasteiger partial charge in [-0.25, -0.2) is 0 Å². The Balaban J connectivity index is 3.91. The predicted octanol–water partition coefficient (Wildman–Crippen LogP) is 1.85. The molecule has 0 aliphatic carbocycles. The molecule has 4 heteroatoms. The fourth-order valence-electron chi connectivity index (χ4n) is 0.769. The van der Waals surface area contributed by atoms with Crippen molar-refractivity contribution in [3.05, 3.63) is 10.4 Å². The molecule has 4 nitrogen and oxygen atoms in total. The standard InChI is InChI=1S/C6H13N3O/c1-3-5(8-9-7)6(10)4-2/h5-6,10H,3-4H2,1-2H3. The van der Waals surface area contributed by atoms with Gasteiger partial charge in [-0.2, -0.15) is 0 Å². The first-order valence-corrected chi connectivity index (χ1v) is 3.48. The number of aliphatic hydroxyl groups excluding tert-OH is 1. The van der Waals surface area contributed by atoms with E-state index in [-0.39, 0.29) is 6.04 Å². The zero-order valence-electron chi connectivity index (χ0n) is 6.36. The van der Waals surface area contributed by atoms with Crippen molar-refractivity contribution in [3.8, 4) is 0 Å². The van der Waals surface area contributed by atoms with Crippen LogP contribution in [0.2, 0.25) is 0 Å². The van der Waals surface area contributed by atoms with Gasteiger partial charge in [0.05, 0.1) is 12.1 Å². The Bertz CT molecular complexity index is 131. The molecule has 2 atom stereocenters. The molecule has 10 heavy (non-hydrogen) atoms. The highest BCUT2D eigenvalue weighted by Crippen LogP contribution is 2.06. The lowest BCUT2D eigenvalue weighted by Crippen LogP contribution is -2.21. The van der Waals surface area contributed by atoms with Gasteiger partial charge >= 0.3 is 0 Å². The Hall–Kier alpha value is -0.730. The summed E-state index contributed by atoms with van der Waals surface area (Å²) in [5.41, 5.74) is 8.06. The van der Waals surface area contributed by atoms with Gasteiger partial charge in [-0.1, -0.05) is 19.0 Å². The molecule has 0 bridgehead atoms. The Kier molecular flexibility index (Phi) is 4.72. The molecule has 2 unspecified atom stereocenters. The zero-order valence-corrected chi connectivity index (χ0v) is 6.36. The van der Waals surface area contributed by atoms with E-state index in [1.807, 2.05) is 13.8 Å². The summed E-state index contributed by atoms with van der Waals surface area (Å²) >= 11 is 0. The van der Waals surface area contributed by atoms with Crippen molar-refractivity contribution in [2.45, 2.75) is 38.8 Å². The van der Waals surface area contributed by atoms with E-state index < -0.39 is 6.10 Å². The third kappa shape index (κ3) is 2.71. The average Bonchev–Trinajstić information content (AvgIpc) is 1.99. The van der Waals surface area contributed by atoms with Crippen LogP contribution in [0.5, 0.6) is 0 Å². The molecule has 1 N–H and O–H groups in total. The van der Waals surface area contributed by atoms with Crippen molar-refractivity contribution in [3.63, 3.8) is 0 Å². The summed E-state index contributed by atoms with van der Waals surface area (Å²) in [5, 5.41) is 12.6. The number of rotatable bonds is 4. The second kappa shape index (κ2) is 5.09. The maximum atomic E-state index is 9.18. The summed E-state index contributed by atoms with van der Waals surface area (Å²) < 4.78 is 0. The van der Waals surface area contributed by atoms with Crippen molar-refractivity contribution in [2.24, 2.45) is 5.11 Å². The molecule has 0 rings (SSSR count). The molecule has 0 aromatic heterocycles. The summed E-state index contributed by atoms with van der Waals surface area (Å²) in [5.74, 6) is 0. The summed E-state index contributed by atoms with van der Waals surface area (Å²) in [6.07, 6.45) is 0.845. The summed E-state index contributed by atoms with van der Waals surface area (Å²) in [6, 6.07) is -0.255. The van der Waals surface area contributed by atoms with Gasteiger partial charge in [-0.15, -0.1) is 0 Å². The first-order valence-electron chi connectivity index (χ1n) is 3.48. The second-order valence-electron chi connectivity index (χ2n) is 2.16. The van der Waals surface area contributed by atoms with Crippen LogP contribution in [0.25, 0.3) is 10.4 Å². The van der Waals surface area contributed by atoms with Crippen molar-refractivity contribution in [1.29, 1.82) is 0 Å². The third-order valence-electron chi connectivity index (χ3n) is 1.48. The largest absolute Gasteiger partial charge is 0.393 e. The highest BCUT2D eigenvalue weighted by Gasteiger charge is 2.12. The molecule has 0 heterocycles. The molecular formula is C6H13N3O. The fourth-order valence-corrected chi connectivity index (χ4v) is 0.769. The van der Waals surface area contributed by atoms with E-state index in [4.69, 9.17) is 5.53 Å². The van der Waals surface area contributed by atoms with E-state index in [2.05, 4.69) is 10.0 Å². The number of hydrogen-bond donors (Lipinski definition) is 1. The molecular weight excluding hydrogens is 130 g/mol. The van der Waals surface area contributed by atoms with Crippen LogP contribution in [0, 0.1) is 0 Å². The molecule has 0 spiro atoms. The third-order valence-corrected chi connectivity index (χ3v) is 1.48. The number of nitrogens with zero attached hydrogens (tertiary/aromatic N) is 3. The van der Waals surface area contributed by atoms with Crippen LogP contribution < -0.4 is 0 Å². The van der Waals surface area contributed by atoms with Crippen LogP contribution in [0.1, 0.15) is 26.7 Å². The number of aliphatic hydroxyl groups is 1. The van der Waals surface area contributed by atoms with E-state index >= 15 is 0 Å². The second-order valence-corrected chi connectivity index (χ2v) is 2.16. The van der Waals surface area contributed by atoms with Crippen molar-refractivity contribution < 1.29 is 5.11 Å². The minimum Gasteiger partial charge on any atom is -0.393 e. The summed E-state index contributed by atoms with van der Waals surface area (Å²) in [4.78, 5) is 2.64. The van der Waals surface area contributed by atoms with Gasteiger partial charge in [0.1, 0.15) is 0 Å². The van der Waals surface area contributed by atoms with Crippen LogP contribution >= 0.6 is 0 Å². The van der Waals surface area contributed by atoms with E-state index in [1.165, 1.54) is 0 Å². The quantitative estimate of drug-likeness (QED) is 0.364. The van der Waals surface area contributed by atoms with E-state index in [0.29, 0.717) is 12.8 Å². The first-order chi connectivity index (χ1) is 4.76. The monoisotopic (exact) mass is 143 g/mol. The van der Waals surface area contributed by atoms with Gasteiger partial charge in [-0.3, -0.25) is 0 Å². The topological polar surface area (TPSA) is 69.0 Å². The number of azide groups is 1. The average molecular weight is 143 g/mol. The molecule has 0 saturated heterocycles. The van der Waals surface area contributed by atoms with Crippen LogP contribution in [0.4, 0.5) is 0 Å². The van der Waals surface area contributed by atoms with Crippen molar-refractivity contribution in [2.75, 3.05) is 0 Å². The minimum atomic E-state index is -0.485. The zero-order chi connectivity index (χ0) is 7.98. The molecule has 0 aliphatic rings. The lowest BCUT2D eigenvalue weighted by Gasteiger charge is -2.13. The highest BCUT2D eigenvalue weighted by molar-refractivity contribution is 4.72.